The number of aromatic nitrogens is 3. The summed E-state index contributed by atoms with van der Waals surface area (Å²) in [7, 11) is 1.84. The minimum Gasteiger partial charge on any atom is -0.385 e. The normalized spacial score (nSPS) is 22.2. The van der Waals surface area contributed by atoms with Crippen molar-refractivity contribution in [1.29, 1.82) is 0 Å². The van der Waals surface area contributed by atoms with E-state index >= 15 is 0 Å². The second-order valence-electron chi connectivity index (χ2n) is 5.25. The summed E-state index contributed by atoms with van der Waals surface area (Å²) in [6.07, 6.45) is 4.11. The number of fused-ring (bicyclic) bond motifs is 1. The minimum absolute atomic E-state index is 0.539. The fraction of sp³-hybridized carbons (Fsp3) is 0.429. The third-order valence-electron chi connectivity index (χ3n) is 3.70. The molecule has 94 valence electrons. The highest BCUT2D eigenvalue weighted by Crippen LogP contribution is 2.39. The zero-order valence-corrected chi connectivity index (χ0v) is 10.7. The van der Waals surface area contributed by atoms with Crippen LogP contribution in [0.25, 0.3) is 0 Å². The first-order chi connectivity index (χ1) is 8.57. The summed E-state index contributed by atoms with van der Waals surface area (Å²) in [6, 6.07) is 6.32. The third-order valence-corrected chi connectivity index (χ3v) is 3.70. The van der Waals surface area contributed by atoms with Crippen molar-refractivity contribution in [3.8, 4) is 0 Å². The van der Waals surface area contributed by atoms with Crippen LogP contribution in [0.1, 0.15) is 28.8 Å². The molecule has 0 bridgehead atoms. The first-order valence-electron chi connectivity index (χ1n) is 6.24. The van der Waals surface area contributed by atoms with Gasteiger partial charge in [-0.1, -0.05) is 29.0 Å². The smallest absolute Gasteiger partial charge is 0.0959 e. The maximum Gasteiger partial charge on any atom is 0.0959 e. The lowest BCUT2D eigenvalue weighted by Crippen LogP contribution is -2.25. The van der Waals surface area contributed by atoms with Gasteiger partial charge in [0.1, 0.15) is 0 Å². The van der Waals surface area contributed by atoms with Crippen LogP contribution >= 0.6 is 0 Å². The zero-order chi connectivity index (χ0) is 12.8. The maximum absolute atomic E-state index is 10.9. The summed E-state index contributed by atoms with van der Waals surface area (Å²) < 4.78 is 1.67. The highest BCUT2D eigenvalue weighted by atomic mass is 16.3. The molecule has 1 atom stereocenters. The Hall–Kier alpha value is -1.68. The van der Waals surface area contributed by atoms with Crippen LogP contribution in [-0.4, -0.2) is 20.1 Å². The molecule has 0 fully saturated rings. The van der Waals surface area contributed by atoms with E-state index in [-0.39, 0.29) is 0 Å². The molecule has 1 unspecified atom stereocenters. The molecule has 1 aromatic heterocycles. The summed E-state index contributed by atoms with van der Waals surface area (Å²) in [5, 5.41) is 18.8. The van der Waals surface area contributed by atoms with Crippen molar-refractivity contribution in [2.24, 2.45) is 7.05 Å². The number of hydrogen-bond donors (Lipinski definition) is 1. The van der Waals surface area contributed by atoms with E-state index < -0.39 is 5.60 Å². The van der Waals surface area contributed by atoms with E-state index in [1.54, 1.807) is 4.68 Å². The van der Waals surface area contributed by atoms with Crippen LogP contribution in [0.5, 0.6) is 0 Å². The van der Waals surface area contributed by atoms with Gasteiger partial charge in [0, 0.05) is 19.7 Å². The van der Waals surface area contributed by atoms with Gasteiger partial charge in [0.25, 0.3) is 0 Å². The topological polar surface area (TPSA) is 50.9 Å². The lowest BCUT2D eigenvalue weighted by Gasteiger charge is -2.23. The van der Waals surface area contributed by atoms with Crippen LogP contribution in [0.2, 0.25) is 0 Å². The minimum atomic E-state index is -0.780. The Morgan fingerprint density at radius 2 is 2.28 bits per heavy atom. The molecule has 1 N–H and O–H groups in total. The van der Waals surface area contributed by atoms with E-state index in [4.69, 9.17) is 0 Å². The zero-order valence-electron chi connectivity index (χ0n) is 10.7. The summed E-state index contributed by atoms with van der Waals surface area (Å²) in [5.74, 6) is 0. The molecular formula is C14H17N3O. The van der Waals surface area contributed by atoms with Gasteiger partial charge in [0.2, 0.25) is 0 Å². The Labute approximate surface area is 106 Å². The van der Waals surface area contributed by atoms with Gasteiger partial charge in [-0.15, -0.1) is 5.10 Å². The SMILES string of the molecule is Cc1ccc2c(c1)C(O)(Cc1cn(C)nn1)CC2. The van der Waals surface area contributed by atoms with Crippen LogP contribution in [-0.2, 0) is 25.5 Å². The molecule has 18 heavy (non-hydrogen) atoms. The number of benzene rings is 1. The van der Waals surface area contributed by atoms with Gasteiger partial charge in [-0.25, -0.2) is 0 Å². The van der Waals surface area contributed by atoms with E-state index in [9.17, 15) is 5.11 Å². The van der Waals surface area contributed by atoms with Crippen molar-refractivity contribution in [3.63, 3.8) is 0 Å². The highest BCUT2D eigenvalue weighted by Gasteiger charge is 2.37. The first-order valence-corrected chi connectivity index (χ1v) is 6.24. The lowest BCUT2D eigenvalue weighted by molar-refractivity contribution is 0.0379. The van der Waals surface area contributed by atoms with Crippen molar-refractivity contribution in [2.45, 2.75) is 31.8 Å². The van der Waals surface area contributed by atoms with Gasteiger partial charge >= 0.3 is 0 Å². The second kappa shape index (κ2) is 3.92. The van der Waals surface area contributed by atoms with Crippen molar-refractivity contribution < 1.29 is 5.11 Å². The fourth-order valence-corrected chi connectivity index (χ4v) is 2.78. The number of nitrogens with zero attached hydrogens (tertiary/aromatic N) is 3. The Balaban J connectivity index is 1.96. The highest BCUT2D eigenvalue weighted by molar-refractivity contribution is 5.40. The Kier molecular flexibility index (Phi) is 2.48. The van der Waals surface area contributed by atoms with E-state index in [0.717, 1.165) is 24.1 Å². The van der Waals surface area contributed by atoms with E-state index in [1.807, 2.05) is 13.2 Å². The number of aryl methyl sites for hydroxylation is 3. The van der Waals surface area contributed by atoms with Gasteiger partial charge in [0.05, 0.1) is 11.3 Å². The Morgan fingerprint density at radius 3 is 3.00 bits per heavy atom. The second-order valence-corrected chi connectivity index (χ2v) is 5.25. The molecule has 4 nitrogen and oxygen atoms in total. The molecule has 1 aliphatic rings. The van der Waals surface area contributed by atoms with E-state index in [1.165, 1.54) is 11.1 Å². The largest absolute Gasteiger partial charge is 0.385 e. The van der Waals surface area contributed by atoms with E-state index in [0.29, 0.717) is 6.42 Å². The van der Waals surface area contributed by atoms with Gasteiger partial charge < -0.3 is 5.11 Å². The fourth-order valence-electron chi connectivity index (χ4n) is 2.78. The predicted octanol–water partition coefficient (Wildman–Crippen LogP) is 1.50. The monoisotopic (exact) mass is 243 g/mol. The molecular weight excluding hydrogens is 226 g/mol. The molecule has 1 aliphatic carbocycles. The molecule has 0 saturated heterocycles. The van der Waals surface area contributed by atoms with Crippen LogP contribution in [0, 0.1) is 6.92 Å². The number of hydrogen-bond acceptors (Lipinski definition) is 3. The van der Waals surface area contributed by atoms with E-state index in [2.05, 4.69) is 35.4 Å². The maximum atomic E-state index is 10.9. The molecule has 0 saturated carbocycles. The molecule has 0 aliphatic heterocycles. The molecule has 0 amide bonds. The molecule has 4 heteroatoms. The van der Waals surface area contributed by atoms with Crippen molar-refractivity contribution in [1.82, 2.24) is 15.0 Å². The van der Waals surface area contributed by atoms with Crippen molar-refractivity contribution >= 4 is 0 Å². The molecule has 1 heterocycles. The van der Waals surface area contributed by atoms with Gasteiger partial charge in [-0.2, -0.15) is 0 Å². The third kappa shape index (κ3) is 1.82. The lowest BCUT2D eigenvalue weighted by atomic mass is 9.90. The Morgan fingerprint density at radius 1 is 1.44 bits per heavy atom. The van der Waals surface area contributed by atoms with Crippen LogP contribution < -0.4 is 0 Å². The van der Waals surface area contributed by atoms with Crippen LogP contribution in [0.4, 0.5) is 0 Å². The number of aliphatic hydroxyl groups is 1. The van der Waals surface area contributed by atoms with Gasteiger partial charge in [-0.3, -0.25) is 4.68 Å². The van der Waals surface area contributed by atoms with Crippen molar-refractivity contribution in [3.05, 3.63) is 46.8 Å². The van der Waals surface area contributed by atoms with Crippen molar-refractivity contribution in [2.75, 3.05) is 0 Å². The molecule has 1 aromatic carbocycles. The Bertz CT molecular complexity index is 590. The number of rotatable bonds is 2. The molecule has 3 rings (SSSR count). The standard InChI is InChI=1S/C14H17N3O/c1-10-3-4-11-5-6-14(18,13(11)7-10)8-12-9-17(2)16-15-12/h3-4,7,9,18H,5-6,8H2,1-2H3. The van der Waals surface area contributed by atoms with Crippen LogP contribution in [0.3, 0.4) is 0 Å². The summed E-state index contributed by atoms with van der Waals surface area (Å²) in [4.78, 5) is 0. The predicted molar refractivity (Wildman–Crippen MR) is 68.1 cm³/mol. The summed E-state index contributed by atoms with van der Waals surface area (Å²) in [5.41, 5.74) is 3.57. The summed E-state index contributed by atoms with van der Waals surface area (Å²) >= 11 is 0. The van der Waals surface area contributed by atoms with Gasteiger partial charge in [-0.05, 0) is 30.9 Å². The quantitative estimate of drug-likeness (QED) is 0.869. The molecule has 0 spiro atoms. The van der Waals surface area contributed by atoms with Crippen LogP contribution in [0.15, 0.2) is 24.4 Å². The molecule has 0 radical (unpaired) electrons. The average molecular weight is 243 g/mol. The van der Waals surface area contributed by atoms with Gasteiger partial charge in [0.15, 0.2) is 0 Å². The molecule has 2 aromatic rings. The summed E-state index contributed by atoms with van der Waals surface area (Å²) in [6.45, 7) is 2.06. The average Bonchev–Trinajstić information content (AvgIpc) is 2.85. The first kappa shape index (κ1) is 11.4.